The van der Waals surface area contributed by atoms with Gasteiger partial charge in [0, 0.05) is 68.6 Å². The van der Waals surface area contributed by atoms with E-state index in [4.69, 9.17) is 85.8 Å². The average molecular weight is 2040 g/mol. The Balaban J connectivity index is 0.987. The fraction of sp³-hybridized carbons (Fsp3) is 0.522. The predicted molar refractivity (Wildman–Crippen MR) is 476 cm³/mol. The Bertz CT molecular complexity index is 4960. The van der Waals surface area contributed by atoms with Gasteiger partial charge < -0.3 is 249 Å². The van der Waals surface area contributed by atoms with Crippen LogP contribution < -0.4 is 37.9 Å². The highest BCUT2D eigenvalue weighted by Crippen LogP contribution is 2.48. The summed E-state index contributed by atoms with van der Waals surface area (Å²) in [7, 11) is 0. The third-order valence-electron chi connectivity index (χ3n) is 26.2. The van der Waals surface area contributed by atoms with Gasteiger partial charge in [-0.2, -0.15) is 0 Å². The first kappa shape index (κ1) is 106. The van der Waals surface area contributed by atoms with Gasteiger partial charge in [0.15, 0.2) is 0 Å². The number of aromatic amines is 2. The molecule has 8 fully saturated rings. The van der Waals surface area contributed by atoms with Crippen molar-refractivity contribution in [3.63, 3.8) is 0 Å². The SMILES string of the molecule is OC[C@H]1O[C@@H](Oc2cc(O[C@@H]3O[C@H](CO)[C@@H](O)[C@H](O)[C@H]3O)cc(-c3c4nc(c(-c5cc(O[C@@H]6O[C@H](CO)[C@@H](O)[C@H](O)[C@H]6O)cc(O[C@@H]6O[C@H](CO)[C@@H](O)[C@H](O)[C@H]6O)c5)c5ccc([nH]5)c(-c5cc(O[C@@H]6O[C@H](CO)[C@@H](O)[C@H](O)[C@H]6O)cc(O[C@@H]6O[C@H](CO)[C@@H](O)[C@H](O)[C@H]6O)c5)c5nc(c(-c6cc(O[C@@H]7O[C@H](CO)[C@@H](O)[C@H](O)[C@H]7O)cc(O[C@@H]7O[C@H](CO)[C@@H](O)[C@H](O)[C@H]7O)c6)c6ccc3[nH]6)C=C5)C=C4)c2)[C@H](O)[C@@H](O)[C@@H]1O. The second-order valence-electron chi connectivity index (χ2n) is 35.8. The van der Waals surface area contributed by atoms with Crippen molar-refractivity contribution in [1.29, 1.82) is 0 Å². The molecule has 8 saturated heterocycles. The number of ether oxygens (including phenoxy) is 16. The maximum Gasteiger partial charge on any atom is 0.229 e. The van der Waals surface area contributed by atoms with Crippen molar-refractivity contribution < 1.29 is 239 Å². The molecule has 10 aliphatic heterocycles. The number of rotatable bonds is 28. The molecule has 0 radical (unpaired) electrons. The Morgan fingerprint density at radius 2 is 0.319 bits per heavy atom. The van der Waals surface area contributed by atoms with Crippen LogP contribution in [0.2, 0.25) is 0 Å². The Morgan fingerprint density at radius 1 is 0.188 bits per heavy atom. The van der Waals surface area contributed by atoms with Gasteiger partial charge in [0.25, 0.3) is 0 Å². The Kier molecular flexibility index (Phi) is 32.3. The van der Waals surface area contributed by atoms with Gasteiger partial charge in [-0.1, -0.05) is 0 Å². The van der Waals surface area contributed by atoms with Gasteiger partial charge in [0.1, 0.15) is 241 Å². The summed E-state index contributed by atoms with van der Waals surface area (Å²) in [5, 5.41) is 354. The summed E-state index contributed by atoms with van der Waals surface area (Å²) >= 11 is 0. The molecule has 0 aliphatic carbocycles. The monoisotopic (exact) mass is 2040 g/mol. The molecule has 0 spiro atoms. The molecule has 0 amide bonds. The molecule has 786 valence electrons. The van der Waals surface area contributed by atoms with Crippen molar-refractivity contribution in [2.45, 2.75) is 246 Å². The lowest BCUT2D eigenvalue weighted by Crippen LogP contribution is -2.60. The fourth-order valence-corrected chi connectivity index (χ4v) is 18.2. The Hall–Kier alpha value is -9.72. The first-order valence-electron chi connectivity index (χ1n) is 45.4. The van der Waals surface area contributed by atoms with E-state index in [1.165, 1.54) is 97.1 Å². The van der Waals surface area contributed by atoms with Crippen LogP contribution >= 0.6 is 0 Å². The van der Waals surface area contributed by atoms with Crippen molar-refractivity contribution in [2.75, 3.05) is 52.9 Å². The van der Waals surface area contributed by atoms with Crippen molar-refractivity contribution in [1.82, 2.24) is 19.9 Å². The van der Waals surface area contributed by atoms with Crippen LogP contribution in [-0.2, 0) is 37.9 Å². The number of nitrogens with zero attached hydrogens (tertiary/aromatic N) is 2. The maximum absolute atomic E-state index is 11.6. The average Bonchev–Trinajstić information content (AvgIpc) is 1.62. The number of benzene rings is 4. The number of H-pyrrole nitrogens is 2. The molecule has 0 saturated carbocycles. The fourth-order valence-electron chi connectivity index (χ4n) is 18.2. The zero-order valence-electron chi connectivity index (χ0n) is 75.0. The number of hydrogen-bond acceptors (Lipinski definition) is 50. The van der Waals surface area contributed by atoms with E-state index >= 15 is 0 Å². The lowest BCUT2D eigenvalue weighted by Gasteiger charge is -2.40. The van der Waals surface area contributed by atoms with E-state index in [9.17, 15) is 163 Å². The van der Waals surface area contributed by atoms with Crippen molar-refractivity contribution in [3.8, 4) is 90.5 Å². The van der Waals surface area contributed by atoms with Crippen LogP contribution in [-0.4, -0.2) is 482 Å². The van der Waals surface area contributed by atoms with E-state index in [1.54, 1.807) is 0 Å². The van der Waals surface area contributed by atoms with Crippen LogP contribution in [0.25, 0.3) is 90.9 Å². The summed E-state index contributed by atoms with van der Waals surface area (Å²) in [4.78, 5) is 17.5. The molecule has 40 atom stereocenters. The van der Waals surface area contributed by atoms with Gasteiger partial charge in [0.2, 0.25) is 50.3 Å². The number of aromatic nitrogens is 4. The minimum Gasteiger partial charge on any atom is -0.462 e. The number of aliphatic hydroxyl groups is 32. The summed E-state index contributed by atoms with van der Waals surface area (Å²) in [6.45, 7) is -7.70. The van der Waals surface area contributed by atoms with Gasteiger partial charge >= 0.3 is 0 Å². The maximum atomic E-state index is 11.6. The summed E-state index contributed by atoms with van der Waals surface area (Å²) in [5.74, 6) is -3.34. The third kappa shape index (κ3) is 20.9. The molecule has 144 heavy (non-hydrogen) atoms. The minimum absolute atomic E-state index is 0.0643. The first-order valence-corrected chi connectivity index (χ1v) is 45.4. The van der Waals surface area contributed by atoms with Gasteiger partial charge in [-0.15, -0.1) is 0 Å². The van der Waals surface area contributed by atoms with E-state index in [2.05, 4.69) is 9.97 Å². The van der Waals surface area contributed by atoms with Gasteiger partial charge in [-0.05, 0) is 119 Å². The number of hydrogen-bond donors (Lipinski definition) is 34. The summed E-state index contributed by atoms with van der Waals surface area (Å²) < 4.78 is 97.5. The second kappa shape index (κ2) is 44.0. The van der Waals surface area contributed by atoms with Crippen LogP contribution in [0.1, 0.15) is 22.8 Å². The molecule has 8 bridgehead atoms. The van der Waals surface area contributed by atoms with E-state index in [0.717, 1.165) is 24.3 Å². The number of aliphatic hydroxyl groups excluding tert-OH is 32. The lowest BCUT2D eigenvalue weighted by atomic mass is 9.99. The summed E-state index contributed by atoms with van der Waals surface area (Å²) in [5.41, 5.74) is -1.76. The van der Waals surface area contributed by atoms with Crippen LogP contribution in [0.3, 0.4) is 0 Å². The third-order valence-corrected chi connectivity index (χ3v) is 26.2. The number of fused-ring (bicyclic) bond motifs is 8. The summed E-state index contributed by atoms with van der Waals surface area (Å²) in [6, 6.07) is 20.4. The van der Waals surface area contributed by atoms with Crippen LogP contribution in [0.15, 0.2) is 97.1 Å². The number of nitrogens with one attached hydrogen (secondary N) is 2. The minimum atomic E-state index is -2.13. The Labute approximate surface area is 811 Å². The van der Waals surface area contributed by atoms with Gasteiger partial charge in [-0.25, -0.2) is 9.97 Å². The molecule has 4 aromatic carbocycles. The molecule has 3 aromatic heterocycles. The van der Waals surface area contributed by atoms with E-state index in [0.29, 0.717) is 0 Å². The predicted octanol–water partition coefficient (Wildman–Crippen LogP) is -11.2. The molecular weight excluding hydrogens is 1930 g/mol. The van der Waals surface area contributed by atoms with Crippen LogP contribution in [0.4, 0.5) is 0 Å². The Morgan fingerprint density at radius 3 is 0.444 bits per heavy atom. The lowest BCUT2D eigenvalue weighted by molar-refractivity contribution is -0.278. The standard InChI is InChI=1S/C92H110N4O48/c97-21-49-61(105)69(113)77(121)85(137-49)129-33-9-29(10-34(17-33)130-86-78(122)70(114)62(106)50(22-98)138-86)57-41-1-2-42(93-41)58(30-11-35(131-87-79(123)71(115)63(107)51(23-99)139-87)18-36(12-30)132-88-80(124)72(116)64(108)52(24-100)140-88)44-5-6-46(95-44)60(32-15-39(135-91-83(127)75(119)67(111)55(27-103)143-91)20-40(16-32)136-92-84(128)76(120)68(112)56(28-104)144-92)48-8-7-47(96-48)59(45-4-3-43(57)94-45)31-13-37(133-89-81(125)73(117)65(109)53(25-101)141-89)19-38(14-31)134-90-82(126)74(118)66(110)54(26-102)142-90/h1-20,49-56,61-93,96-128H,21-28H2/t49-,50-,51-,52-,53-,54-,55-,56-,61-,62-,63-,64-,65-,66-,67-,68-,69+,70+,71+,72+,73+,74+,75+,76+,77-,78-,79-,80-,81-,82-,83-,84-,85-,86-,87-,88-,89-,90-,91-,92-/m1/s1. The molecule has 52 heteroatoms. The van der Waals surface area contributed by atoms with Gasteiger partial charge in [0.05, 0.1) is 75.6 Å². The molecule has 10 aliphatic rings. The molecular formula is C92H110N4O48. The molecule has 13 heterocycles. The zero-order valence-corrected chi connectivity index (χ0v) is 75.0. The van der Waals surface area contributed by atoms with Crippen molar-refractivity contribution in [2.24, 2.45) is 0 Å². The highest BCUT2D eigenvalue weighted by atomic mass is 16.8. The van der Waals surface area contributed by atoms with E-state index in [1.807, 2.05) is 0 Å². The second-order valence-corrected chi connectivity index (χ2v) is 35.8. The van der Waals surface area contributed by atoms with Crippen molar-refractivity contribution >= 4 is 46.4 Å². The van der Waals surface area contributed by atoms with Crippen LogP contribution in [0, 0.1) is 0 Å². The highest BCUT2D eigenvalue weighted by Gasteiger charge is 2.54. The molecule has 7 aromatic rings. The van der Waals surface area contributed by atoms with Gasteiger partial charge in [-0.3, -0.25) is 0 Å². The zero-order chi connectivity index (χ0) is 103. The quantitative estimate of drug-likeness (QED) is 0.0216. The molecule has 0 unspecified atom stereocenters. The molecule has 17 rings (SSSR count). The van der Waals surface area contributed by atoms with E-state index < -0.39 is 344 Å². The van der Waals surface area contributed by atoms with Crippen LogP contribution in [0.5, 0.6) is 46.0 Å². The summed E-state index contributed by atoms with van der Waals surface area (Å²) in [6.07, 6.45) is -72.5. The topological polar surface area (TPSA) is 852 Å². The van der Waals surface area contributed by atoms with Crippen molar-refractivity contribution in [3.05, 3.63) is 120 Å². The van der Waals surface area contributed by atoms with E-state index in [-0.39, 0.29) is 89.4 Å². The largest absolute Gasteiger partial charge is 0.462 e. The first-order chi connectivity index (χ1) is 68.8. The smallest absolute Gasteiger partial charge is 0.229 e. The normalized spacial score (nSPS) is 37.7. The molecule has 52 nitrogen and oxygen atoms in total. The highest BCUT2D eigenvalue weighted by molar-refractivity contribution is 6.00. The molecule has 34 N–H and O–H groups in total.